The van der Waals surface area contributed by atoms with Gasteiger partial charge in [0, 0.05) is 36.9 Å². The van der Waals surface area contributed by atoms with E-state index >= 15 is 0 Å². The molecule has 1 aliphatic heterocycles. The van der Waals surface area contributed by atoms with Crippen LogP contribution in [0.5, 0.6) is 0 Å². The molecule has 1 aromatic carbocycles. The van der Waals surface area contributed by atoms with Crippen molar-refractivity contribution in [3.8, 4) is 0 Å². The van der Waals surface area contributed by atoms with Crippen molar-refractivity contribution in [3.63, 3.8) is 0 Å². The summed E-state index contributed by atoms with van der Waals surface area (Å²) >= 11 is 0. The Labute approximate surface area is 166 Å². The van der Waals surface area contributed by atoms with Crippen LogP contribution in [0.25, 0.3) is 0 Å². The molecular weight excluding hydrogens is 350 g/mol. The van der Waals surface area contributed by atoms with Crippen molar-refractivity contribution < 1.29 is 9.59 Å². The number of fused-ring (bicyclic) bond motifs is 1. The maximum atomic E-state index is 13.4. The third-order valence-corrected chi connectivity index (χ3v) is 6.14. The van der Waals surface area contributed by atoms with E-state index in [-0.39, 0.29) is 36.4 Å². The molecule has 5 heteroatoms. The van der Waals surface area contributed by atoms with E-state index in [2.05, 4.69) is 29.0 Å². The predicted molar refractivity (Wildman–Crippen MR) is 109 cm³/mol. The molecule has 0 radical (unpaired) electrons. The number of aromatic nitrogens is 1. The molecule has 2 aromatic rings. The molecule has 1 aromatic heterocycles. The molecule has 0 N–H and O–H groups in total. The Kier molecular flexibility index (Phi) is 5.25. The Balaban J connectivity index is 1.59. The van der Waals surface area contributed by atoms with Crippen LogP contribution in [-0.2, 0) is 16.1 Å². The van der Waals surface area contributed by atoms with Crippen molar-refractivity contribution in [3.05, 3.63) is 59.9 Å². The van der Waals surface area contributed by atoms with E-state index in [0.29, 0.717) is 6.54 Å². The van der Waals surface area contributed by atoms with Gasteiger partial charge in [-0.2, -0.15) is 0 Å². The van der Waals surface area contributed by atoms with Crippen LogP contribution < -0.4 is 0 Å². The highest BCUT2D eigenvalue weighted by Crippen LogP contribution is 2.33. The molecule has 0 saturated heterocycles. The van der Waals surface area contributed by atoms with Gasteiger partial charge in [-0.05, 0) is 44.4 Å². The molecule has 0 spiro atoms. The number of carbonyl (C=O) groups excluding carboxylic acids is 2. The molecule has 2 aliphatic rings. The monoisotopic (exact) mass is 379 g/mol. The van der Waals surface area contributed by atoms with Crippen molar-refractivity contribution >= 4 is 11.8 Å². The molecule has 0 bridgehead atoms. The van der Waals surface area contributed by atoms with E-state index in [4.69, 9.17) is 0 Å². The average molecular weight is 380 g/mol. The van der Waals surface area contributed by atoms with Gasteiger partial charge in [-0.1, -0.05) is 36.8 Å². The summed E-state index contributed by atoms with van der Waals surface area (Å²) in [7, 11) is 0. The lowest BCUT2D eigenvalue weighted by atomic mass is 9.84. The minimum absolute atomic E-state index is 0.0286. The highest BCUT2D eigenvalue weighted by Gasteiger charge is 2.36. The summed E-state index contributed by atoms with van der Waals surface area (Å²) in [5.74, 6) is 0.285. The Morgan fingerprint density at radius 1 is 1.07 bits per heavy atom. The average Bonchev–Trinajstić information content (AvgIpc) is 3.12. The van der Waals surface area contributed by atoms with Crippen LogP contribution >= 0.6 is 0 Å². The second kappa shape index (κ2) is 7.82. The predicted octanol–water partition coefficient (Wildman–Crippen LogP) is 3.46. The minimum atomic E-state index is -0.106. The van der Waals surface area contributed by atoms with Crippen molar-refractivity contribution in [2.45, 2.75) is 51.7 Å². The van der Waals surface area contributed by atoms with E-state index in [9.17, 15) is 9.59 Å². The molecule has 1 saturated carbocycles. The number of nitrogens with zero attached hydrogens (tertiary/aromatic N) is 3. The molecule has 4 rings (SSSR count). The van der Waals surface area contributed by atoms with Crippen molar-refractivity contribution in [1.29, 1.82) is 0 Å². The van der Waals surface area contributed by atoms with Crippen molar-refractivity contribution in [2.75, 3.05) is 13.1 Å². The lowest BCUT2D eigenvalue weighted by molar-refractivity contribution is -0.147. The number of rotatable bonds is 5. The molecule has 1 unspecified atom stereocenters. The first-order chi connectivity index (χ1) is 13.6. The van der Waals surface area contributed by atoms with Crippen LogP contribution in [0.4, 0.5) is 0 Å². The smallest absolute Gasteiger partial charge is 0.243 e. The number of amides is 2. The maximum Gasteiger partial charge on any atom is 0.243 e. The van der Waals surface area contributed by atoms with Crippen LogP contribution in [0.3, 0.4) is 0 Å². The molecule has 1 fully saturated rings. The molecule has 28 heavy (non-hydrogen) atoms. The fraction of sp³-hybridized carbons (Fsp3) is 0.478. The number of hydrogen-bond donors (Lipinski definition) is 0. The minimum Gasteiger partial charge on any atom is -0.348 e. The number of carbonyl (C=O) groups is 2. The fourth-order valence-corrected chi connectivity index (χ4v) is 4.28. The van der Waals surface area contributed by atoms with Crippen LogP contribution in [0, 0.1) is 5.92 Å². The van der Waals surface area contributed by atoms with Gasteiger partial charge in [0.25, 0.3) is 0 Å². The van der Waals surface area contributed by atoms with Crippen LogP contribution in [0.15, 0.2) is 48.7 Å². The molecule has 5 nitrogen and oxygen atoms in total. The van der Waals surface area contributed by atoms with E-state index in [0.717, 1.165) is 37.1 Å². The van der Waals surface area contributed by atoms with E-state index < -0.39 is 0 Å². The van der Waals surface area contributed by atoms with Gasteiger partial charge in [0.1, 0.15) is 6.54 Å². The van der Waals surface area contributed by atoms with Crippen molar-refractivity contribution in [2.24, 2.45) is 5.92 Å². The fourth-order valence-electron chi connectivity index (χ4n) is 4.28. The van der Waals surface area contributed by atoms with Gasteiger partial charge in [-0.3, -0.25) is 9.59 Å². The third kappa shape index (κ3) is 3.46. The quantitative estimate of drug-likeness (QED) is 0.799. The van der Waals surface area contributed by atoms with Gasteiger partial charge in [-0.15, -0.1) is 0 Å². The number of hydrogen-bond acceptors (Lipinski definition) is 2. The Hall–Kier alpha value is -2.56. The zero-order valence-corrected chi connectivity index (χ0v) is 16.8. The first-order valence-corrected chi connectivity index (χ1v) is 10.4. The summed E-state index contributed by atoms with van der Waals surface area (Å²) < 4.78 is 2.22. The van der Waals surface area contributed by atoms with Crippen LogP contribution in [0.1, 0.15) is 50.4 Å². The normalized spacial score (nSPS) is 19.2. The summed E-state index contributed by atoms with van der Waals surface area (Å²) in [4.78, 5) is 30.0. The van der Waals surface area contributed by atoms with Gasteiger partial charge in [0.05, 0.1) is 6.04 Å². The van der Waals surface area contributed by atoms with Gasteiger partial charge >= 0.3 is 0 Å². The summed E-state index contributed by atoms with van der Waals surface area (Å²) in [5, 5.41) is 0. The third-order valence-electron chi connectivity index (χ3n) is 6.14. The lowest BCUT2D eigenvalue weighted by Crippen LogP contribution is -2.51. The molecule has 2 amide bonds. The van der Waals surface area contributed by atoms with Gasteiger partial charge in [0.15, 0.2) is 0 Å². The second-order valence-corrected chi connectivity index (χ2v) is 8.21. The zero-order chi connectivity index (χ0) is 19.7. The molecule has 148 valence electrons. The van der Waals surface area contributed by atoms with E-state index in [1.54, 1.807) is 4.90 Å². The topological polar surface area (TPSA) is 45.6 Å². The van der Waals surface area contributed by atoms with Crippen LogP contribution in [0.2, 0.25) is 0 Å². The summed E-state index contributed by atoms with van der Waals surface area (Å²) in [5.41, 5.74) is 2.24. The SMILES string of the molecule is CC(C)N(CC(=O)N1CCn2cccc2C1c1ccccc1)C(=O)C1CCC1. The van der Waals surface area contributed by atoms with Gasteiger partial charge in [0.2, 0.25) is 11.8 Å². The first kappa shape index (κ1) is 18.8. The Bertz CT molecular complexity index is 839. The Morgan fingerprint density at radius 3 is 2.46 bits per heavy atom. The van der Waals surface area contributed by atoms with E-state index in [1.165, 1.54) is 0 Å². The summed E-state index contributed by atoms with van der Waals surface area (Å²) in [6.07, 6.45) is 5.11. The Morgan fingerprint density at radius 2 is 1.82 bits per heavy atom. The van der Waals surface area contributed by atoms with Gasteiger partial charge in [-0.25, -0.2) is 0 Å². The summed E-state index contributed by atoms with van der Waals surface area (Å²) in [6.45, 7) is 5.61. The highest BCUT2D eigenvalue weighted by molar-refractivity contribution is 5.87. The van der Waals surface area contributed by atoms with E-state index in [1.807, 2.05) is 43.0 Å². The molecule has 2 heterocycles. The molecular formula is C23H29N3O2. The standard InChI is InChI=1S/C23H29N3O2/c1-17(2)26(23(28)19-10-6-11-19)16-21(27)25-15-14-24-13-7-12-20(24)22(25)18-8-4-3-5-9-18/h3-5,7-9,12-13,17,19,22H,6,10-11,14-16H2,1-2H3. The second-order valence-electron chi connectivity index (χ2n) is 8.21. The highest BCUT2D eigenvalue weighted by atomic mass is 16.2. The molecule has 1 atom stereocenters. The zero-order valence-electron chi connectivity index (χ0n) is 16.8. The van der Waals surface area contributed by atoms with Crippen LogP contribution in [-0.4, -0.2) is 45.3 Å². The first-order valence-electron chi connectivity index (χ1n) is 10.4. The summed E-state index contributed by atoms with van der Waals surface area (Å²) in [6, 6.07) is 14.2. The molecule has 1 aliphatic carbocycles. The maximum absolute atomic E-state index is 13.4. The number of benzene rings is 1. The van der Waals surface area contributed by atoms with Gasteiger partial charge < -0.3 is 14.4 Å². The largest absolute Gasteiger partial charge is 0.348 e. The van der Waals surface area contributed by atoms with Crippen molar-refractivity contribution in [1.82, 2.24) is 14.4 Å². The lowest BCUT2D eigenvalue weighted by Gasteiger charge is -2.40.